The van der Waals surface area contributed by atoms with Crippen LogP contribution in [0.3, 0.4) is 0 Å². The largest absolute Gasteiger partial charge is 0.598 e. The van der Waals surface area contributed by atoms with Gasteiger partial charge in [-0.1, -0.05) is 43.2 Å². The molecule has 2 atom stereocenters. The summed E-state index contributed by atoms with van der Waals surface area (Å²) < 4.78 is 80.2. The molecule has 11 nitrogen and oxygen atoms in total. The van der Waals surface area contributed by atoms with E-state index in [1.807, 2.05) is 0 Å². The first-order chi connectivity index (χ1) is 26.1. The van der Waals surface area contributed by atoms with Gasteiger partial charge in [-0.25, -0.2) is 13.9 Å². The van der Waals surface area contributed by atoms with E-state index in [9.17, 15) is 32.1 Å². The summed E-state index contributed by atoms with van der Waals surface area (Å²) in [5.41, 5.74) is 3.05. The van der Waals surface area contributed by atoms with Gasteiger partial charge in [-0.2, -0.15) is 18.3 Å². The number of carbonyl (C=O) groups is 3. The third-order valence-corrected chi connectivity index (χ3v) is 10.7. The van der Waals surface area contributed by atoms with Crippen LogP contribution in [0.5, 0.6) is 0 Å². The molecule has 3 aromatic carbocycles. The number of benzene rings is 3. The molecule has 5 rings (SSSR count). The number of anilines is 1. The average molecular weight is 799 g/mol. The molecule has 1 fully saturated rings. The number of aromatic nitrogens is 2. The smallest absolute Gasteiger partial charge is 0.435 e. The highest BCUT2D eigenvalue weighted by Gasteiger charge is 2.44. The summed E-state index contributed by atoms with van der Waals surface area (Å²) in [7, 11) is 0. The number of primary amides is 1. The molecule has 1 heterocycles. The van der Waals surface area contributed by atoms with Crippen molar-refractivity contribution in [1.82, 2.24) is 19.8 Å². The van der Waals surface area contributed by atoms with E-state index in [0.29, 0.717) is 41.5 Å². The van der Waals surface area contributed by atoms with E-state index in [1.54, 1.807) is 71.9 Å². The maximum absolute atomic E-state index is 15.7. The van der Waals surface area contributed by atoms with Gasteiger partial charge in [0.05, 0.1) is 11.4 Å². The van der Waals surface area contributed by atoms with Gasteiger partial charge in [-0.05, 0) is 113 Å². The van der Waals surface area contributed by atoms with Gasteiger partial charge in [0.25, 0.3) is 5.91 Å². The molecular weight excluding hydrogens is 753 g/mol. The number of hydrogen-bond acceptors (Lipinski definition) is 7. The van der Waals surface area contributed by atoms with Crippen LogP contribution in [0, 0.1) is 11.7 Å². The van der Waals surface area contributed by atoms with Gasteiger partial charge in [-0.3, -0.25) is 9.59 Å². The molecule has 1 aromatic heterocycles. The molecule has 0 bridgehead atoms. The van der Waals surface area contributed by atoms with Crippen molar-refractivity contribution in [2.75, 3.05) is 5.32 Å². The first kappa shape index (κ1) is 42.2. The lowest BCUT2D eigenvalue weighted by atomic mass is 9.79. The Bertz CT molecular complexity index is 2070. The molecular formula is C40H46F4N6O5S. The van der Waals surface area contributed by atoms with Crippen LogP contribution in [0.25, 0.3) is 5.69 Å². The van der Waals surface area contributed by atoms with Crippen LogP contribution in [0.2, 0.25) is 0 Å². The molecule has 16 heteroatoms. The lowest BCUT2D eigenvalue weighted by Gasteiger charge is -2.39. The van der Waals surface area contributed by atoms with Crippen molar-refractivity contribution in [2.45, 2.75) is 95.8 Å². The van der Waals surface area contributed by atoms with Gasteiger partial charge in [0, 0.05) is 29.5 Å². The van der Waals surface area contributed by atoms with Crippen LogP contribution in [0.1, 0.15) is 110 Å². The second kappa shape index (κ2) is 16.3. The molecule has 1 aliphatic carbocycles. The second-order valence-corrected chi connectivity index (χ2v) is 17.8. The van der Waals surface area contributed by atoms with Gasteiger partial charge in [0.1, 0.15) is 27.4 Å². The van der Waals surface area contributed by atoms with Gasteiger partial charge >= 0.3 is 12.3 Å². The van der Waals surface area contributed by atoms with Crippen LogP contribution in [0.4, 0.5) is 28.0 Å². The summed E-state index contributed by atoms with van der Waals surface area (Å²) >= 11 is -1.68. The fourth-order valence-electron chi connectivity index (χ4n) is 5.92. The molecule has 0 radical (unpaired) electrons. The quantitative estimate of drug-likeness (QED) is 0.0790. The number of nitrogens with two attached hydrogens (primary N) is 1. The second-order valence-electron chi connectivity index (χ2n) is 15.8. The zero-order valence-corrected chi connectivity index (χ0v) is 32.8. The Morgan fingerprint density at radius 3 is 2.20 bits per heavy atom. The topological polar surface area (TPSA) is 163 Å². The van der Waals surface area contributed by atoms with E-state index < -0.39 is 68.5 Å². The minimum atomic E-state index is -4.93. The van der Waals surface area contributed by atoms with Crippen molar-refractivity contribution in [3.63, 3.8) is 0 Å². The highest BCUT2D eigenvalue weighted by Crippen LogP contribution is 2.43. The minimum absolute atomic E-state index is 0.0442. The van der Waals surface area contributed by atoms with E-state index in [0.717, 1.165) is 23.6 Å². The molecule has 1 aliphatic rings. The number of alkyl halides is 3. The Morgan fingerprint density at radius 1 is 0.946 bits per heavy atom. The van der Waals surface area contributed by atoms with E-state index in [4.69, 9.17) is 10.5 Å². The predicted molar refractivity (Wildman–Crippen MR) is 205 cm³/mol. The van der Waals surface area contributed by atoms with E-state index in [-0.39, 0.29) is 23.5 Å². The Balaban J connectivity index is 1.54. The van der Waals surface area contributed by atoms with Crippen LogP contribution < -0.4 is 21.1 Å². The summed E-state index contributed by atoms with van der Waals surface area (Å²) in [5, 5.41) is 8.71. The number of carbonyl (C=O) groups excluding carboxylic acids is 3. The van der Waals surface area contributed by atoms with E-state index in [2.05, 4.69) is 20.5 Å². The molecule has 0 spiro atoms. The molecule has 56 heavy (non-hydrogen) atoms. The molecule has 0 aliphatic heterocycles. The normalized spacial score (nSPS) is 15.1. The fraction of sp³-hybridized carbons (Fsp3) is 0.400. The Hall–Kier alpha value is -4.93. The molecule has 0 saturated heterocycles. The van der Waals surface area contributed by atoms with Crippen molar-refractivity contribution >= 4 is 35.0 Å². The average Bonchev–Trinajstić information content (AvgIpc) is 3.82. The molecule has 1 saturated carbocycles. The van der Waals surface area contributed by atoms with E-state index in [1.165, 1.54) is 30.3 Å². The zero-order chi connectivity index (χ0) is 41.2. The number of hydrogen-bond donors (Lipinski definition) is 4. The maximum Gasteiger partial charge on any atom is 0.435 e. The summed E-state index contributed by atoms with van der Waals surface area (Å²) in [5.74, 6) is -2.20. The van der Waals surface area contributed by atoms with Crippen molar-refractivity contribution in [3.05, 3.63) is 112 Å². The van der Waals surface area contributed by atoms with Crippen molar-refractivity contribution < 1.29 is 41.2 Å². The summed E-state index contributed by atoms with van der Waals surface area (Å²) in [6.07, 6.45) is -2.50. The lowest BCUT2D eigenvalue weighted by molar-refractivity contribution is -0.141. The highest BCUT2D eigenvalue weighted by molar-refractivity contribution is 7.90. The van der Waals surface area contributed by atoms with Crippen LogP contribution in [-0.4, -0.2) is 42.6 Å². The summed E-state index contributed by atoms with van der Waals surface area (Å²) in [4.78, 5) is 38.1. The number of nitrogens with zero attached hydrogens (tertiary/aromatic N) is 2. The standard InChI is InChI=1S/C40H46F4N6O5S/c1-37(2,3)55-36(53)46-23-25-8-7-9-29(20-25)50-32(22-33(48-50)40(42,43)44)35(52)47-31-21-28(16-17-30(31)41)39(19-18-24-10-11-24,49-56(54)38(4,5)6)27-14-12-26(13-15-27)34(45)51/h7-9,12-17,20-22,24,49H,10-11,18-19,23H2,1-6H3,(H2,45,51)(H,46,53)(H,47,52). The predicted octanol–water partition coefficient (Wildman–Crippen LogP) is 7.89. The van der Waals surface area contributed by atoms with Crippen molar-refractivity contribution in [3.8, 4) is 5.69 Å². The van der Waals surface area contributed by atoms with Gasteiger partial charge < -0.3 is 25.7 Å². The lowest BCUT2D eigenvalue weighted by Crippen LogP contribution is -2.52. The molecule has 3 amide bonds. The van der Waals surface area contributed by atoms with Crippen LogP contribution >= 0.6 is 0 Å². The number of nitrogens with one attached hydrogen (secondary N) is 3. The molecule has 2 unspecified atom stereocenters. The van der Waals surface area contributed by atoms with Gasteiger partial charge in [-0.15, -0.1) is 4.72 Å². The van der Waals surface area contributed by atoms with Gasteiger partial charge in [0.2, 0.25) is 5.91 Å². The van der Waals surface area contributed by atoms with Crippen LogP contribution in [0.15, 0.2) is 72.8 Å². The SMILES string of the molecule is CC(C)(C)OC(=O)NCc1cccc(-n2nc(C(F)(F)F)cc2C(=O)Nc2cc(C(CCC3CC3)(N[S+]([O-])C(C)(C)C)c3ccc(C(N)=O)cc3)ccc2F)c1. The number of alkyl carbamates (subject to hydrolysis) is 1. The van der Waals surface area contributed by atoms with Crippen LogP contribution in [-0.2, 0) is 34.4 Å². The first-order valence-corrected chi connectivity index (χ1v) is 19.2. The number of ether oxygens (including phenoxy) is 1. The molecule has 300 valence electrons. The van der Waals surface area contributed by atoms with Crippen molar-refractivity contribution in [1.29, 1.82) is 0 Å². The minimum Gasteiger partial charge on any atom is -0.598 e. The first-order valence-electron chi connectivity index (χ1n) is 18.0. The monoisotopic (exact) mass is 798 g/mol. The number of rotatable bonds is 13. The number of amides is 3. The third kappa shape index (κ3) is 10.5. The zero-order valence-electron chi connectivity index (χ0n) is 32.0. The maximum atomic E-state index is 15.7. The Kier molecular flexibility index (Phi) is 12.3. The van der Waals surface area contributed by atoms with E-state index >= 15 is 4.39 Å². The van der Waals surface area contributed by atoms with Gasteiger partial charge in [0.15, 0.2) is 5.69 Å². The molecule has 5 N–H and O–H groups in total. The summed E-state index contributed by atoms with van der Waals surface area (Å²) in [6.45, 7) is 10.4. The van der Waals surface area contributed by atoms with Crippen molar-refractivity contribution in [2.24, 2.45) is 11.7 Å². The third-order valence-electron chi connectivity index (χ3n) is 9.04. The summed E-state index contributed by atoms with van der Waals surface area (Å²) in [6, 6.07) is 17.0. The number of halogens is 4. The Labute approximate surface area is 326 Å². The molecule has 4 aromatic rings. The fourth-order valence-corrected chi connectivity index (χ4v) is 6.88. The highest BCUT2D eigenvalue weighted by atomic mass is 32.2. The Morgan fingerprint density at radius 2 is 1.61 bits per heavy atom.